The van der Waals surface area contributed by atoms with Crippen molar-refractivity contribution in [3.63, 3.8) is 0 Å². The van der Waals surface area contributed by atoms with Crippen LogP contribution in [0.4, 0.5) is 0 Å². The Morgan fingerprint density at radius 3 is 2.75 bits per heavy atom. The summed E-state index contributed by atoms with van der Waals surface area (Å²) in [6.07, 6.45) is 0. The maximum atomic E-state index is 5.80. The van der Waals surface area contributed by atoms with Crippen LogP contribution in [0.15, 0.2) is 22.7 Å². The zero-order chi connectivity index (χ0) is 9.14. The summed E-state index contributed by atoms with van der Waals surface area (Å²) in [5.74, 6) is 0.372. The van der Waals surface area contributed by atoms with E-state index in [-0.39, 0.29) is 0 Å². The Bertz CT molecular complexity index is 275. The van der Waals surface area contributed by atoms with Gasteiger partial charge in [-0.15, -0.1) is 0 Å². The summed E-state index contributed by atoms with van der Waals surface area (Å²) in [6, 6.07) is 5.78. The Kier molecular flexibility index (Phi) is 3.56. The van der Waals surface area contributed by atoms with Crippen LogP contribution in [0.25, 0.3) is 0 Å². The van der Waals surface area contributed by atoms with E-state index in [1.165, 1.54) is 5.56 Å². The van der Waals surface area contributed by atoms with E-state index in [1.807, 2.05) is 18.2 Å². The molecule has 0 fully saturated rings. The van der Waals surface area contributed by atoms with Gasteiger partial charge in [0.1, 0.15) is 0 Å². The van der Waals surface area contributed by atoms with Gasteiger partial charge in [-0.25, -0.2) is 0 Å². The first kappa shape index (κ1) is 10.0. The highest BCUT2D eigenvalue weighted by atomic mass is 79.9. The molecule has 0 radical (unpaired) electrons. The number of hydrogen-bond acceptors (Lipinski definition) is 1. The lowest BCUT2D eigenvalue weighted by atomic mass is 10.0. The predicted molar refractivity (Wildman–Crippen MR) is 56.6 cm³/mol. The van der Waals surface area contributed by atoms with Crippen molar-refractivity contribution in [1.29, 1.82) is 0 Å². The van der Waals surface area contributed by atoms with E-state index in [0.717, 1.165) is 9.50 Å². The van der Waals surface area contributed by atoms with Crippen LogP contribution in [-0.4, -0.2) is 6.54 Å². The number of hydrogen-bond donors (Lipinski definition) is 1. The highest BCUT2D eigenvalue weighted by molar-refractivity contribution is 9.10. The molecule has 0 amide bonds. The zero-order valence-corrected chi connectivity index (χ0v) is 9.19. The molecular weight excluding hydrogens is 237 g/mol. The van der Waals surface area contributed by atoms with Crippen LogP contribution in [0, 0.1) is 0 Å². The first-order chi connectivity index (χ1) is 5.65. The Morgan fingerprint density at radius 2 is 2.25 bits per heavy atom. The third kappa shape index (κ3) is 2.22. The van der Waals surface area contributed by atoms with Crippen molar-refractivity contribution in [2.45, 2.75) is 12.8 Å². The van der Waals surface area contributed by atoms with E-state index in [9.17, 15) is 0 Å². The molecule has 1 unspecified atom stereocenters. The van der Waals surface area contributed by atoms with Gasteiger partial charge in [0.25, 0.3) is 0 Å². The molecule has 0 aliphatic rings. The molecule has 0 aliphatic heterocycles. The number of halogens is 2. The zero-order valence-electron chi connectivity index (χ0n) is 6.85. The second-order valence-corrected chi connectivity index (χ2v) is 4.09. The van der Waals surface area contributed by atoms with Gasteiger partial charge in [0.05, 0.1) is 0 Å². The molecule has 66 valence electrons. The van der Waals surface area contributed by atoms with Crippen molar-refractivity contribution >= 4 is 27.5 Å². The van der Waals surface area contributed by atoms with Gasteiger partial charge in [0.2, 0.25) is 0 Å². The van der Waals surface area contributed by atoms with E-state index in [2.05, 4.69) is 22.9 Å². The van der Waals surface area contributed by atoms with Crippen LogP contribution in [0.1, 0.15) is 18.4 Å². The van der Waals surface area contributed by atoms with Crippen molar-refractivity contribution < 1.29 is 0 Å². The van der Waals surface area contributed by atoms with Crippen LogP contribution in [0.5, 0.6) is 0 Å². The monoisotopic (exact) mass is 247 g/mol. The summed E-state index contributed by atoms with van der Waals surface area (Å²) in [5.41, 5.74) is 6.77. The fourth-order valence-electron chi connectivity index (χ4n) is 1.03. The third-order valence-electron chi connectivity index (χ3n) is 1.85. The van der Waals surface area contributed by atoms with Crippen LogP contribution >= 0.6 is 27.5 Å². The molecule has 1 aromatic rings. The van der Waals surface area contributed by atoms with Crippen LogP contribution in [0.3, 0.4) is 0 Å². The number of benzene rings is 1. The summed E-state index contributed by atoms with van der Waals surface area (Å²) in [7, 11) is 0. The molecule has 0 aliphatic carbocycles. The van der Waals surface area contributed by atoms with E-state index in [0.29, 0.717) is 12.5 Å². The van der Waals surface area contributed by atoms with Crippen molar-refractivity contribution in [2.75, 3.05) is 6.54 Å². The van der Waals surface area contributed by atoms with Gasteiger partial charge in [-0.3, -0.25) is 0 Å². The van der Waals surface area contributed by atoms with Crippen LogP contribution < -0.4 is 5.73 Å². The molecular formula is C9H11BrClN. The Balaban J connectivity index is 3.01. The first-order valence-electron chi connectivity index (χ1n) is 3.80. The molecule has 12 heavy (non-hydrogen) atoms. The van der Waals surface area contributed by atoms with E-state index < -0.39 is 0 Å². The fraction of sp³-hybridized carbons (Fsp3) is 0.333. The van der Waals surface area contributed by atoms with Crippen molar-refractivity contribution in [3.05, 3.63) is 33.3 Å². The quantitative estimate of drug-likeness (QED) is 0.855. The second-order valence-electron chi connectivity index (χ2n) is 2.80. The van der Waals surface area contributed by atoms with Crippen molar-refractivity contribution in [3.8, 4) is 0 Å². The van der Waals surface area contributed by atoms with E-state index in [1.54, 1.807) is 0 Å². The molecule has 0 saturated carbocycles. The molecule has 2 N–H and O–H groups in total. The Labute approximate surface area is 86.0 Å². The highest BCUT2D eigenvalue weighted by Crippen LogP contribution is 2.26. The van der Waals surface area contributed by atoms with Crippen LogP contribution in [-0.2, 0) is 0 Å². The summed E-state index contributed by atoms with van der Waals surface area (Å²) in [5, 5.41) is 0.745. The van der Waals surface area contributed by atoms with E-state index >= 15 is 0 Å². The largest absolute Gasteiger partial charge is 0.330 e. The standard InChI is InChI=1S/C9H11BrClN/c1-6(5-12)8-3-2-7(11)4-9(8)10/h2-4,6H,5,12H2,1H3. The third-order valence-corrected chi connectivity index (χ3v) is 2.77. The normalized spacial score (nSPS) is 13.0. The molecule has 3 heteroatoms. The van der Waals surface area contributed by atoms with Crippen molar-refractivity contribution in [2.24, 2.45) is 5.73 Å². The molecule has 0 heterocycles. The van der Waals surface area contributed by atoms with Gasteiger partial charge < -0.3 is 5.73 Å². The molecule has 0 saturated heterocycles. The predicted octanol–water partition coefficient (Wildman–Crippen LogP) is 3.16. The van der Waals surface area contributed by atoms with Gasteiger partial charge >= 0.3 is 0 Å². The lowest BCUT2D eigenvalue weighted by Gasteiger charge is -2.10. The highest BCUT2D eigenvalue weighted by Gasteiger charge is 2.07. The first-order valence-corrected chi connectivity index (χ1v) is 4.97. The number of nitrogens with two attached hydrogens (primary N) is 1. The average molecular weight is 249 g/mol. The maximum Gasteiger partial charge on any atom is 0.0417 e. The molecule has 1 nitrogen and oxygen atoms in total. The summed E-state index contributed by atoms with van der Waals surface area (Å²) < 4.78 is 1.04. The van der Waals surface area contributed by atoms with Crippen molar-refractivity contribution in [1.82, 2.24) is 0 Å². The maximum absolute atomic E-state index is 5.80. The van der Waals surface area contributed by atoms with E-state index in [4.69, 9.17) is 17.3 Å². The molecule has 0 spiro atoms. The molecule has 0 aromatic heterocycles. The fourth-order valence-corrected chi connectivity index (χ4v) is 2.10. The average Bonchev–Trinajstić information content (AvgIpc) is 2.03. The minimum absolute atomic E-state index is 0.372. The van der Waals surface area contributed by atoms with Gasteiger partial charge in [-0.05, 0) is 30.2 Å². The minimum atomic E-state index is 0.372. The Morgan fingerprint density at radius 1 is 1.58 bits per heavy atom. The topological polar surface area (TPSA) is 26.0 Å². The second kappa shape index (κ2) is 4.26. The molecule has 0 bridgehead atoms. The minimum Gasteiger partial charge on any atom is -0.330 e. The molecule has 1 aromatic carbocycles. The number of rotatable bonds is 2. The van der Waals surface area contributed by atoms with Gasteiger partial charge in [0.15, 0.2) is 0 Å². The Hall–Kier alpha value is -0.0500. The van der Waals surface area contributed by atoms with Gasteiger partial charge in [0, 0.05) is 9.50 Å². The summed E-state index contributed by atoms with van der Waals surface area (Å²) in [6.45, 7) is 2.74. The van der Waals surface area contributed by atoms with Gasteiger partial charge in [-0.1, -0.05) is 40.5 Å². The lowest BCUT2D eigenvalue weighted by Crippen LogP contribution is -2.09. The SMILES string of the molecule is CC(CN)c1ccc(Cl)cc1Br. The lowest BCUT2D eigenvalue weighted by molar-refractivity contribution is 0.770. The summed E-state index contributed by atoms with van der Waals surface area (Å²) >= 11 is 9.25. The molecule has 1 rings (SSSR count). The van der Waals surface area contributed by atoms with Crippen LogP contribution in [0.2, 0.25) is 5.02 Å². The molecule has 1 atom stereocenters. The summed E-state index contributed by atoms with van der Waals surface area (Å²) in [4.78, 5) is 0. The van der Waals surface area contributed by atoms with Gasteiger partial charge in [-0.2, -0.15) is 0 Å². The smallest absolute Gasteiger partial charge is 0.0417 e.